The van der Waals surface area contributed by atoms with Gasteiger partial charge < -0.3 is 21.3 Å². The first-order chi connectivity index (χ1) is 6.61. The molecule has 0 saturated carbocycles. The third kappa shape index (κ3) is 2.88. The van der Waals surface area contributed by atoms with E-state index < -0.39 is 12.1 Å². The second-order valence-corrected chi connectivity index (χ2v) is 3.31. The van der Waals surface area contributed by atoms with Crippen molar-refractivity contribution in [2.24, 2.45) is 5.73 Å². The number of carbonyl (C=O) groups excluding carboxylic acids is 2. The van der Waals surface area contributed by atoms with Crippen molar-refractivity contribution in [2.45, 2.75) is 13.0 Å². The highest BCUT2D eigenvalue weighted by Gasteiger charge is 2.22. The van der Waals surface area contributed by atoms with Gasteiger partial charge in [-0.25, -0.2) is 4.79 Å². The molecule has 0 aromatic heterocycles. The maximum atomic E-state index is 11.7. The van der Waals surface area contributed by atoms with Gasteiger partial charge in [-0.05, 0) is 6.92 Å². The summed E-state index contributed by atoms with van der Waals surface area (Å²) < 4.78 is 0. The molecule has 1 unspecified atom stereocenters. The fourth-order valence-electron chi connectivity index (χ4n) is 1.43. The standard InChI is InChI=1S/C8H16N4O2/c1-6(11-8(9)14)7(13)12-4-2-10-3-5-12/h6,10H,2-5H2,1H3,(H3,9,11,14). The van der Waals surface area contributed by atoms with Crippen LogP contribution in [0, 0.1) is 0 Å². The molecule has 6 heteroatoms. The van der Waals surface area contributed by atoms with Gasteiger partial charge in [-0.2, -0.15) is 0 Å². The Morgan fingerprint density at radius 3 is 2.50 bits per heavy atom. The van der Waals surface area contributed by atoms with E-state index in [0.717, 1.165) is 13.1 Å². The molecule has 1 fully saturated rings. The van der Waals surface area contributed by atoms with Gasteiger partial charge in [0, 0.05) is 26.2 Å². The van der Waals surface area contributed by atoms with Crippen LogP contribution >= 0.6 is 0 Å². The number of urea groups is 1. The van der Waals surface area contributed by atoms with Crippen LogP contribution in [0.3, 0.4) is 0 Å². The summed E-state index contributed by atoms with van der Waals surface area (Å²) >= 11 is 0. The Hall–Kier alpha value is -1.30. The highest BCUT2D eigenvalue weighted by Crippen LogP contribution is 1.97. The van der Waals surface area contributed by atoms with Crippen LogP contribution in [-0.4, -0.2) is 49.1 Å². The van der Waals surface area contributed by atoms with Crippen molar-refractivity contribution in [1.29, 1.82) is 0 Å². The number of carbonyl (C=O) groups is 2. The largest absolute Gasteiger partial charge is 0.352 e. The predicted octanol–water partition coefficient (Wildman–Crippen LogP) is -1.52. The van der Waals surface area contributed by atoms with Gasteiger partial charge >= 0.3 is 6.03 Å². The normalized spacial score (nSPS) is 18.8. The minimum atomic E-state index is -0.666. The molecular formula is C8H16N4O2. The van der Waals surface area contributed by atoms with E-state index in [0.29, 0.717) is 13.1 Å². The van der Waals surface area contributed by atoms with Crippen molar-refractivity contribution < 1.29 is 9.59 Å². The van der Waals surface area contributed by atoms with Crippen molar-refractivity contribution in [1.82, 2.24) is 15.5 Å². The zero-order chi connectivity index (χ0) is 10.6. The number of hydrogen-bond donors (Lipinski definition) is 3. The molecule has 14 heavy (non-hydrogen) atoms. The van der Waals surface area contributed by atoms with E-state index in [2.05, 4.69) is 10.6 Å². The van der Waals surface area contributed by atoms with E-state index in [4.69, 9.17) is 5.73 Å². The highest BCUT2D eigenvalue weighted by molar-refractivity contribution is 5.86. The molecule has 3 amide bonds. The first-order valence-corrected chi connectivity index (χ1v) is 4.66. The van der Waals surface area contributed by atoms with Gasteiger partial charge in [0.25, 0.3) is 0 Å². The molecular weight excluding hydrogens is 184 g/mol. The lowest BCUT2D eigenvalue weighted by molar-refractivity contribution is -0.133. The van der Waals surface area contributed by atoms with E-state index in [9.17, 15) is 9.59 Å². The smallest absolute Gasteiger partial charge is 0.312 e. The molecule has 0 radical (unpaired) electrons. The molecule has 1 heterocycles. The van der Waals surface area contributed by atoms with Gasteiger partial charge in [0.1, 0.15) is 6.04 Å². The highest BCUT2D eigenvalue weighted by atomic mass is 16.2. The summed E-state index contributed by atoms with van der Waals surface area (Å²) in [4.78, 5) is 23.9. The second-order valence-electron chi connectivity index (χ2n) is 3.31. The van der Waals surface area contributed by atoms with Gasteiger partial charge in [-0.15, -0.1) is 0 Å². The number of nitrogens with zero attached hydrogens (tertiary/aromatic N) is 1. The number of nitrogens with two attached hydrogens (primary N) is 1. The second kappa shape index (κ2) is 4.80. The molecule has 4 N–H and O–H groups in total. The van der Waals surface area contributed by atoms with Crippen molar-refractivity contribution in [3.05, 3.63) is 0 Å². The van der Waals surface area contributed by atoms with E-state index in [1.165, 1.54) is 0 Å². The van der Waals surface area contributed by atoms with Crippen LogP contribution in [-0.2, 0) is 4.79 Å². The van der Waals surface area contributed by atoms with Crippen LogP contribution in [0.25, 0.3) is 0 Å². The fourth-order valence-corrected chi connectivity index (χ4v) is 1.43. The zero-order valence-corrected chi connectivity index (χ0v) is 8.25. The third-order valence-corrected chi connectivity index (χ3v) is 2.16. The molecule has 0 aromatic rings. The van der Waals surface area contributed by atoms with Crippen molar-refractivity contribution >= 4 is 11.9 Å². The van der Waals surface area contributed by atoms with Crippen molar-refractivity contribution in [3.63, 3.8) is 0 Å². The lowest BCUT2D eigenvalue weighted by Gasteiger charge is -2.29. The SMILES string of the molecule is CC(NC(N)=O)C(=O)N1CCNCC1. The molecule has 0 aromatic carbocycles. The van der Waals surface area contributed by atoms with Gasteiger partial charge in [0.05, 0.1) is 0 Å². The van der Waals surface area contributed by atoms with Gasteiger partial charge in [-0.3, -0.25) is 4.79 Å². The monoisotopic (exact) mass is 200 g/mol. The molecule has 0 spiro atoms. The topological polar surface area (TPSA) is 87.5 Å². The number of rotatable bonds is 2. The lowest BCUT2D eigenvalue weighted by atomic mass is 10.2. The summed E-state index contributed by atoms with van der Waals surface area (Å²) in [7, 11) is 0. The van der Waals surface area contributed by atoms with Crippen LogP contribution in [0.2, 0.25) is 0 Å². The Kier molecular flexibility index (Phi) is 3.70. The summed E-state index contributed by atoms with van der Waals surface area (Å²) in [6.45, 7) is 4.60. The molecule has 0 aliphatic carbocycles. The Balaban J connectivity index is 2.42. The Morgan fingerprint density at radius 1 is 1.43 bits per heavy atom. The lowest BCUT2D eigenvalue weighted by Crippen LogP contribution is -2.53. The molecule has 1 aliphatic heterocycles. The zero-order valence-electron chi connectivity index (χ0n) is 8.25. The maximum absolute atomic E-state index is 11.7. The van der Waals surface area contributed by atoms with Crippen LogP contribution in [0.15, 0.2) is 0 Å². The summed E-state index contributed by atoms with van der Waals surface area (Å²) in [5.41, 5.74) is 4.93. The van der Waals surface area contributed by atoms with Gasteiger partial charge in [0.2, 0.25) is 5.91 Å². The van der Waals surface area contributed by atoms with Crippen LogP contribution < -0.4 is 16.4 Å². The molecule has 1 aliphatic rings. The van der Waals surface area contributed by atoms with E-state index in [-0.39, 0.29) is 5.91 Å². The average molecular weight is 200 g/mol. The number of piperazine rings is 1. The minimum absolute atomic E-state index is 0.0784. The molecule has 1 saturated heterocycles. The fraction of sp³-hybridized carbons (Fsp3) is 0.750. The van der Waals surface area contributed by atoms with E-state index in [1.807, 2.05) is 0 Å². The quantitative estimate of drug-likeness (QED) is 0.505. The molecule has 1 atom stereocenters. The van der Waals surface area contributed by atoms with Gasteiger partial charge in [0.15, 0.2) is 0 Å². The van der Waals surface area contributed by atoms with Crippen LogP contribution in [0.5, 0.6) is 0 Å². The average Bonchev–Trinajstić information content (AvgIpc) is 2.17. The summed E-state index contributed by atoms with van der Waals surface area (Å²) in [6.07, 6.45) is 0. The van der Waals surface area contributed by atoms with Crippen molar-refractivity contribution in [2.75, 3.05) is 26.2 Å². The van der Waals surface area contributed by atoms with Gasteiger partial charge in [-0.1, -0.05) is 0 Å². The number of amides is 3. The summed E-state index contributed by atoms with van der Waals surface area (Å²) in [5.74, 6) is -0.0784. The number of nitrogens with one attached hydrogen (secondary N) is 2. The summed E-state index contributed by atoms with van der Waals surface area (Å²) in [6, 6.07) is -1.20. The molecule has 80 valence electrons. The summed E-state index contributed by atoms with van der Waals surface area (Å²) in [5, 5.41) is 5.51. The van der Waals surface area contributed by atoms with Crippen molar-refractivity contribution in [3.8, 4) is 0 Å². The Bertz CT molecular complexity index is 225. The maximum Gasteiger partial charge on any atom is 0.312 e. The Labute approximate surface area is 82.8 Å². The first kappa shape index (κ1) is 10.8. The molecule has 1 rings (SSSR count). The van der Waals surface area contributed by atoms with Crippen LogP contribution in [0.4, 0.5) is 4.79 Å². The Morgan fingerprint density at radius 2 is 2.00 bits per heavy atom. The third-order valence-electron chi connectivity index (χ3n) is 2.16. The van der Waals surface area contributed by atoms with E-state index >= 15 is 0 Å². The minimum Gasteiger partial charge on any atom is -0.352 e. The molecule has 6 nitrogen and oxygen atoms in total. The van der Waals surface area contributed by atoms with E-state index in [1.54, 1.807) is 11.8 Å². The first-order valence-electron chi connectivity index (χ1n) is 4.66. The molecule has 0 bridgehead atoms. The predicted molar refractivity (Wildman–Crippen MR) is 51.6 cm³/mol. The number of primary amides is 1. The number of hydrogen-bond acceptors (Lipinski definition) is 3. The van der Waals surface area contributed by atoms with Crippen LogP contribution in [0.1, 0.15) is 6.92 Å².